The van der Waals surface area contributed by atoms with E-state index in [2.05, 4.69) is 29.6 Å². The first-order valence-electron chi connectivity index (χ1n) is 10.5. The van der Waals surface area contributed by atoms with Gasteiger partial charge in [-0.2, -0.15) is 0 Å². The minimum absolute atomic E-state index is 0.0773. The van der Waals surface area contributed by atoms with Gasteiger partial charge < -0.3 is 16.0 Å². The van der Waals surface area contributed by atoms with E-state index in [9.17, 15) is 9.59 Å². The highest BCUT2D eigenvalue weighted by Gasteiger charge is 2.26. The van der Waals surface area contributed by atoms with Crippen LogP contribution in [0.5, 0.6) is 0 Å². The summed E-state index contributed by atoms with van der Waals surface area (Å²) in [5, 5.41) is 2.75. The van der Waals surface area contributed by atoms with Crippen LogP contribution in [-0.2, 0) is 11.2 Å². The van der Waals surface area contributed by atoms with Crippen molar-refractivity contribution >= 4 is 11.9 Å². The van der Waals surface area contributed by atoms with Gasteiger partial charge in [0.05, 0.1) is 12.5 Å². The monoisotopic (exact) mass is 393 g/mol. The van der Waals surface area contributed by atoms with Crippen LogP contribution >= 0.6 is 0 Å². The molecular formula is C24H31N3O2. The Labute approximate surface area is 173 Å². The van der Waals surface area contributed by atoms with Crippen LogP contribution in [0.1, 0.15) is 48.4 Å². The summed E-state index contributed by atoms with van der Waals surface area (Å²) in [6.07, 6.45) is 4.58. The van der Waals surface area contributed by atoms with Crippen molar-refractivity contribution in [2.45, 2.75) is 45.1 Å². The molecular weight excluding hydrogens is 362 g/mol. The van der Waals surface area contributed by atoms with Gasteiger partial charge >= 0.3 is 6.03 Å². The highest BCUT2D eigenvalue weighted by molar-refractivity contribution is 5.79. The summed E-state index contributed by atoms with van der Waals surface area (Å²) >= 11 is 0. The largest absolute Gasteiger partial charge is 0.352 e. The number of benzene rings is 2. The Morgan fingerprint density at radius 2 is 1.72 bits per heavy atom. The number of rotatable bonds is 7. The lowest BCUT2D eigenvalue weighted by atomic mass is 9.90. The fourth-order valence-corrected chi connectivity index (χ4v) is 4.18. The van der Waals surface area contributed by atoms with Crippen LogP contribution in [0.4, 0.5) is 4.79 Å². The van der Waals surface area contributed by atoms with E-state index in [0.717, 1.165) is 43.5 Å². The second-order valence-corrected chi connectivity index (χ2v) is 7.97. The predicted molar refractivity (Wildman–Crippen MR) is 115 cm³/mol. The lowest BCUT2D eigenvalue weighted by molar-refractivity contribution is -0.133. The second kappa shape index (κ2) is 10.1. The van der Waals surface area contributed by atoms with E-state index < -0.39 is 12.1 Å². The zero-order chi connectivity index (χ0) is 20.6. The maximum Gasteiger partial charge on any atom is 0.312 e. The molecule has 2 aromatic carbocycles. The lowest BCUT2D eigenvalue weighted by Crippen LogP contribution is -2.42. The number of urea groups is 1. The van der Waals surface area contributed by atoms with Crippen LogP contribution in [0.3, 0.4) is 0 Å². The molecule has 154 valence electrons. The number of nitrogens with two attached hydrogens (primary N) is 1. The molecule has 5 heteroatoms. The first-order chi connectivity index (χ1) is 14.0. The van der Waals surface area contributed by atoms with Crippen molar-refractivity contribution in [3.63, 3.8) is 0 Å². The molecule has 5 nitrogen and oxygen atoms in total. The molecule has 0 aliphatic carbocycles. The molecule has 0 radical (unpaired) electrons. The summed E-state index contributed by atoms with van der Waals surface area (Å²) in [5.41, 5.74) is 8.72. The topological polar surface area (TPSA) is 75.4 Å². The Morgan fingerprint density at radius 3 is 2.38 bits per heavy atom. The molecule has 0 aromatic heterocycles. The van der Waals surface area contributed by atoms with E-state index in [1.165, 1.54) is 12.0 Å². The number of likely N-dealkylation sites (tertiary alicyclic amines) is 1. The molecule has 0 spiro atoms. The van der Waals surface area contributed by atoms with Crippen molar-refractivity contribution in [2.24, 2.45) is 11.7 Å². The number of primary amides is 1. The third kappa shape index (κ3) is 6.08. The zero-order valence-electron chi connectivity index (χ0n) is 17.1. The summed E-state index contributed by atoms with van der Waals surface area (Å²) in [7, 11) is 0. The number of nitrogens with one attached hydrogen (secondary N) is 1. The second-order valence-electron chi connectivity index (χ2n) is 7.97. The zero-order valence-corrected chi connectivity index (χ0v) is 17.1. The maximum absolute atomic E-state index is 12.9. The molecule has 1 aliphatic heterocycles. The van der Waals surface area contributed by atoms with E-state index >= 15 is 0 Å². The van der Waals surface area contributed by atoms with Gasteiger partial charge in [-0.25, -0.2) is 4.79 Å². The standard InChI is InChI=1S/C24H31N3O2/c1-18-7-5-6-10-21(18)22(26-24(25)29)17-23(28)27-15-13-20(14-16-27)12-11-19-8-3-2-4-9-19/h2-10,20,22H,11-17H2,1H3,(H3,25,26,29). The third-order valence-corrected chi connectivity index (χ3v) is 5.91. The molecule has 0 bridgehead atoms. The number of carbonyl (C=O) groups excluding carboxylic acids is 2. The van der Waals surface area contributed by atoms with Gasteiger partial charge in [-0.1, -0.05) is 54.6 Å². The van der Waals surface area contributed by atoms with Gasteiger partial charge in [0, 0.05) is 13.1 Å². The van der Waals surface area contributed by atoms with E-state index in [-0.39, 0.29) is 12.3 Å². The summed E-state index contributed by atoms with van der Waals surface area (Å²) in [6.45, 7) is 3.55. The van der Waals surface area contributed by atoms with Crippen LogP contribution < -0.4 is 11.1 Å². The number of hydrogen-bond acceptors (Lipinski definition) is 2. The van der Waals surface area contributed by atoms with Crippen LogP contribution in [0.25, 0.3) is 0 Å². The quantitative estimate of drug-likeness (QED) is 0.747. The first-order valence-corrected chi connectivity index (χ1v) is 10.5. The van der Waals surface area contributed by atoms with E-state index in [0.29, 0.717) is 5.92 Å². The fourth-order valence-electron chi connectivity index (χ4n) is 4.18. The molecule has 3 N–H and O–H groups in total. The van der Waals surface area contributed by atoms with Crippen molar-refractivity contribution in [3.8, 4) is 0 Å². The Hall–Kier alpha value is -2.82. The smallest absolute Gasteiger partial charge is 0.312 e. The van der Waals surface area contributed by atoms with Gasteiger partial charge in [0.25, 0.3) is 0 Å². The molecule has 29 heavy (non-hydrogen) atoms. The summed E-state index contributed by atoms with van der Waals surface area (Å²) < 4.78 is 0. The molecule has 3 rings (SSSR count). The third-order valence-electron chi connectivity index (χ3n) is 5.91. The van der Waals surface area contributed by atoms with Crippen molar-refractivity contribution in [1.29, 1.82) is 0 Å². The van der Waals surface area contributed by atoms with Gasteiger partial charge in [0.2, 0.25) is 5.91 Å². The SMILES string of the molecule is Cc1ccccc1C(CC(=O)N1CCC(CCc2ccccc2)CC1)NC(N)=O. The maximum atomic E-state index is 12.9. The van der Waals surface area contributed by atoms with Crippen molar-refractivity contribution in [3.05, 3.63) is 71.3 Å². The van der Waals surface area contributed by atoms with Crippen molar-refractivity contribution < 1.29 is 9.59 Å². The number of piperidine rings is 1. The molecule has 1 saturated heterocycles. The highest BCUT2D eigenvalue weighted by Crippen LogP contribution is 2.26. The molecule has 2 aromatic rings. The molecule has 1 unspecified atom stereocenters. The average molecular weight is 394 g/mol. The van der Waals surface area contributed by atoms with Gasteiger partial charge in [-0.05, 0) is 55.2 Å². The molecule has 3 amide bonds. The summed E-state index contributed by atoms with van der Waals surface area (Å²) in [4.78, 5) is 26.3. The van der Waals surface area contributed by atoms with Crippen LogP contribution in [0.2, 0.25) is 0 Å². The average Bonchev–Trinajstić information content (AvgIpc) is 2.73. The van der Waals surface area contributed by atoms with Gasteiger partial charge in [-0.15, -0.1) is 0 Å². The van der Waals surface area contributed by atoms with Gasteiger partial charge in [-0.3, -0.25) is 4.79 Å². The minimum Gasteiger partial charge on any atom is -0.352 e. The number of aryl methyl sites for hydroxylation is 2. The first kappa shape index (κ1) is 20.9. The van der Waals surface area contributed by atoms with Crippen LogP contribution in [0, 0.1) is 12.8 Å². The van der Waals surface area contributed by atoms with Gasteiger partial charge in [0.1, 0.15) is 0 Å². The van der Waals surface area contributed by atoms with E-state index in [1.54, 1.807) is 0 Å². The molecule has 1 fully saturated rings. The Kier molecular flexibility index (Phi) is 7.28. The minimum atomic E-state index is -0.606. The Balaban J connectivity index is 1.52. The Bertz CT molecular complexity index is 814. The number of hydrogen-bond donors (Lipinski definition) is 2. The summed E-state index contributed by atoms with van der Waals surface area (Å²) in [6, 6.07) is 17.4. The highest BCUT2D eigenvalue weighted by atomic mass is 16.2. The van der Waals surface area contributed by atoms with Gasteiger partial charge in [0.15, 0.2) is 0 Å². The van der Waals surface area contributed by atoms with Crippen LogP contribution in [0.15, 0.2) is 54.6 Å². The Morgan fingerprint density at radius 1 is 1.07 bits per heavy atom. The van der Waals surface area contributed by atoms with E-state index in [1.807, 2.05) is 42.2 Å². The predicted octanol–water partition coefficient (Wildman–Crippen LogP) is 3.97. The normalized spacial score (nSPS) is 15.7. The summed E-state index contributed by atoms with van der Waals surface area (Å²) in [5.74, 6) is 0.740. The van der Waals surface area contributed by atoms with E-state index in [4.69, 9.17) is 5.73 Å². The van der Waals surface area contributed by atoms with Crippen LogP contribution in [-0.4, -0.2) is 29.9 Å². The number of carbonyl (C=O) groups is 2. The molecule has 1 heterocycles. The molecule has 0 saturated carbocycles. The number of amides is 3. The fraction of sp³-hybridized carbons (Fsp3) is 0.417. The lowest BCUT2D eigenvalue weighted by Gasteiger charge is -2.33. The van der Waals surface area contributed by atoms with Crippen molar-refractivity contribution in [1.82, 2.24) is 10.2 Å². The molecule has 1 atom stereocenters. The molecule has 1 aliphatic rings. The number of nitrogens with zero attached hydrogens (tertiary/aromatic N) is 1. The van der Waals surface area contributed by atoms with Crippen molar-refractivity contribution in [2.75, 3.05) is 13.1 Å².